The van der Waals surface area contributed by atoms with Crippen molar-refractivity contribution < 1.29 is 14.3 Å². The molecule has 6 heteroatoms. The van der Waals surface area contributed by atoms with Gasteiger partial charge in [-0.15, -0.1) is 0 Å². The molecule has 0 spiro atoms. The largest absolute Gasteiger partial charge is 0.459 e. The first kappa shape index (κ1) is 19.4. The molecule has 0 radical (unpaired) electrons. The number of anilines is 1. The van der Waals surface area contributed by atoms with Crippen molar-refractivity contribution in [1.29, 1.82) is 0 Å². The molecule has 0 aliphatic rings. The number of hydrogen-bond acceptors (Lipinski definition) is 4. The number of aromatic amines is 1. The highest BCUT2D eigenvalue weighted by Crippen LogP contribution is 2.34. The Bertz CT molecular complexity index is 1080. The number of benzene rings is 1. The molecule has 3 rings (SSSR count). The summed E-state index contributed by atoms with van der Waals surface area (Å²) in [6.07, 6.45) is 2.54. The fourth-order valence-corrected chi connectivity index (χ4v) is 3.06. The number of aryl methyl sites for hydroxylation is 2. The van der Waals surface area contributed by atoms with Gasteiger partial charge in [0.05, 0.1) is 11.7 Å². The van der Waals surface area contributed by atoms with Crippen LogP contribution in [0.5, 0.6) is 0 Å². The maximum Gasteiger partial charge on any atom is 0.339 e. The van der Waals surface area contributed by atoms with Crippen molar-refractivity contribution in [2.45, 2.75) is 33.8 Å². The molecule has 3 aromatic rings. The van der Waals surface area contributed by atoms with Gasteiger partial charge >= 0.3 is 5.97 Å². The number of aromatic nitrogens is 2. The van der Waals surface area contributed by atoms with Crippen LogP contribution in [0.2, 0.25) is 0 Å². The van der Waals surface area contributed by atoms with Crippen molar-refractivity contribution in [3.05, 3.63) is 59.9 Å². The minimum Gasteiger partial charge on any atom is -0.459 e. The third-order valence-corrected chi connectivity index (χ3v) is 4.39. The van der Waals surface area contributed by atoms with Crippen LogP contribution in [0.3, 0.4) is 0 Å². The van der Waals surface area contributed by atoms with Crippen molar-refractivity contribution in [3.8, 4) is 11.1 Å². The van der Waals surface area contributed by atoms with Gasteiger partial charge in [0, 0.05) is 28.5 Å². The lowest BCUT2D eigenvalue weighted by Gasteiger charge is -2.10. The van der Waals surface area contributed by atoms with E-state index in [1.54, 1.807) is 19.9 Å². The Morgan fingerprint density at radius 3 is 2.68 bits per heavy atom. The molecule has 2 N–H and O–H groups in total. The molecular weight excluding hydrogens is 354 g/mol. The van der Waals surface area contributed by atoms with E-state index in [0.29, 0.717) is 16.9 Å². The molecule has 0 aliphatic heterocycles. The van der Waals surface area contributed by atoms with Crippen molar-refractivity contribution >= 4 is 28.6 Å². The van der Waals surface area contributed by atoms with Gasteiger partial charge in [-0.25, -0.2) is 9.78 Å². The van der Waals surface area contributed by atoms with Gasteiger partial charge in [-0.3, -0.25) is 4.79 Å². The molecule has 0 aliphatic carbocycles. The fraction of sp³-hybridized carbons (Fsp3) is 0.227. The molecule has 1 aromatic carbocycles. The van der Waals surface area contributed by atoms with E-state index < -0.39 is 5.97 Å². The molecule has 0 saturated carbocycles. The van der Waals surface area contributed by atoms with E-state index in [9.17, 15) is 9.59 Å². The van der Waals surface area contributed by atoms with Crippen molar-refractivity contribution in [3.63, 3.8) is 0 Å². The van der Waals surface area contributed by atoms with Gasteiger partial charge in [0.2, 0.25) is 5.91 Å². The van der Waals surface area contributed by atoms with E-state index >= 15 is 0 Å². The average Bonchev–Trinajstić information content (AvgIpc) is 2.97. The van der Waals surface area contributed by atoms with Crippen molar-refractivity contribution in [2.75, 3.05) is 5.32 Å². The number of nitrogens with one attached hydrogen (secondary N) is 2. The van der Waals surface area contributed by atoms with Crippen LogP contribution in [0.1, 0.15) is 35.5 Å². The number of pyridine rings is 1. The lowest BCUT2D eigenvalue weighted by atomic mass is 10.00. The summed E-state index contributed by atoms with van der Waals surface area (Å²) in [4.78, 5) is 31.6. The predicted molar refractivity (Wildman–Crippen MR) is 110 cm³/mol. The summed E-state index contributed by atoms with van der Waals surface area (Å²) in [5, 5.41) is 3.64. The van der Waals surface area contributed by atoms with Gasteiger partial charge in [0.25, 0.3) is 0 Å². The summed E-state index contributed by atoms with van der Waals surface area (Å²) >= 11 is 0. The number of nitrogens with zero attached hydrogens (tertiary/aromatic N) is 1. The molecule has 0 bridgehead atoms. The van der Waals surface area contributed by atoms with Gasteiger partial charge in [-0.1, -0.05) is 18.7 Å². The predicted octanol–water partition coefficient (Wildman–Crippen LogP) is 4.54. The SMILES string of the molecule is C=CC(=O)Nc1cc(-c2c(C)[nH]c3ncc(C(=O)OC(C)C)cc23)ccc1C. The Kier molecular flexibility index (Phi) is 5.31. The molecule has 6 nitrogen and oxygen atoms in total. The molecule has 0 saturated heterocycles. The van der Waals surface area contributed by atoms with Crippen LogP contribution in [0, 0.1) is 13.8 Å². The number of ether oxygens (including phenoxy) is 1. The number of H-pyrrole nitrogens is 1. The lowest BCUT2D eigenvalue weighted by molar-refractivity contribution is -0.111. The molecule has 1 amide bonds. The number of rotatable bonds is 5. The second-order valence-electron chi connectivity index (χ2n) is 6.92. The molecule has 0 unspecified atom stereocenters. The van der Waals surface area contributed by atoms with E-state index in [-0.39, 0.29) is 12.0 Å². The summed E-state index contributed by atoms with van der Waals surface area (Å²) in [6.45, 7) is 11.0. The van der Waals surface area contributed by atoms with E-state index in [4.69, 9.17) is 4.74 Å². The number of hydrogen-bond donors (Lipinski definition) is 2. The highest BCUT2D eigenvalue weighted by molar-refractivity contribution is 6.02. The van der Waals surface area contributed by atoms with Gasteiger partial charge in [0.1, 0.15) is 5.65 Å². The normalized spacial score (nSPS) is 10.9. The zero-order valence-corrected chi connectivity index (χ0v) is 16.4. The van der Waals surface area contributed by atoms with E-state index in [0.717, 1.165) is 27.8 Å². The number of carbonyl (C=O) groups is 2. The maximum atomic E-state index is 12.3. The molecule has 144 valence electrons. The summed E-state index contributed by atoms with van der Waals surface area (Å²) in [5.74, 6) is -0.673. The number of amides is 1. The first-order valence-electron chi connectivity index (χ1n) is 9.04. The van der Waals surface area contributed by atoms with Gasteiger partial charge in [-0.2, -0.15) is 0 Å². The van der Waals surface area contributed by atoms with Gasteiger partial charge in [-0.05, 0) is 57.0 Å². The Labute approximate surface area is 163 Å². The summed E-state index contributed by atoms with van der Waals surface area (Å²) < 4.78 is 5.28. The summed E-state index contributed by atoms with van der Waals surface area (Å²) in [7, 11) is 0. The first-order chi connectivity index (χ1) is 13.3. The zero-order valence-electron chi connectivity index (χ0n) is 16.4. The number of esters is 1. The van der Waals surface area contributed by atoms with E-state index in [1.807, 2.05) is 32.0 Å². The molecule has 2 aromatic heterocycles. The molecule has 0 atom stereocenters. The molecule has 2 heterocycles. The number of fused-ring (bicyclic) bond motifs is 1. The Morgan fingerprint density at radius 1 is 1.25 bits per heavy atom. The highest BCUT2D eigenvalue weighted by Gasteiger charge is 2.17. The van der Waals surface area contributed by atoms with Gasteiger partial charge < -0.3 is 15.0 Å². The second-order valence-corrected chi connectivity index (χ2v) is 6.92. The number of carbonyl (C=O) groups excluding carboxylic acids is 2. The Morgan fingerprint density at radius 2 is 2.00 bits per heavy atom. The molecular formula is C22H23N3O3. The van der Waals surface area contributed by atoms with Crippen LogP contribution in [-0.4, -0.2) is 27.9 Å². The maximum absolute atomic E-state index is 12.3. The molecule has 0 fully saturated rings. The Hall–Kier alpha value is -3.41. The van der Waals surface area contributed by atoms with Crippen LogP contribution in [0.4, 0.5) is 5.69 Å². The summed E-state index contributed by atoms with van der Waals surface area (Å²) in [6, 6.07) is 7.61. The second kappa shape index (κ2) is 7.68. The van der Waals surface area contributed by atoms with Crippen molar-refractivity contribution in [1.82, 2.24) is 9.97 Å². The third kappa shape index (κ3) is 3.81. The van der Waals surface area contributed by atoms with Crippen LogP contribution in [-0.2, 0) is 9.53 Å². The standard InChI is InChI=1S/C22H23N3O3/c1-6-19(26)25-18-10-15(8-7-13(18)4)20-14(5)24-21-17(20)9-16(11-23-21)22(27)28-12(2)3/h6-12H,1H2,2-5H3,(H,23,24)(H,25,26). The monoisotopic (exact) mass is 377 g/mol. The topological polar surface area (TPSA) is 84.1 Å². The van der Waals surface area contributed by atoms with Crippen LogP contribution >= 0.6 is 0 Å². The van der Waals surface area contributed by atoms with E-state index in [2.05, 4.69) is 21.9 Å². The first-order valence-corrected chi connectivity index (χ1v) is 9.04. The van der Waals surface area contributed by atoms with E-state index in [1.165, 1.54) is 12.3 Å². The fourth-order valence-electron chi connectivity index (χ4n) is 3.06. The van der Waals surface area contributed by atoms with Crippen molar-refractivity contribution in [2.24, 2.45) is 0 Å². The highest BCUT2D eigenvalue weighted by atomic mass is 16.5. The van der Waals surface area contributed by atoms with Crippen LogP contribution < -0.4 is 5.32 Å². The van der Waals surface area contributed by atoms with Crippen LogP contribution in [0.15, 0.2) is 43.1 Å². The lowest BCUT2D eigenvalue weighted by Crippen LogP contribution is -2.11. The third-order valence-electron chi connectivity index (χ3n) is 4.39. The summed E-state index contributed by atoms with van der Waals surface area (Å²) in [5.41, 5.74) is 5.48. The Balaban J connectivity index is 2.11. The van der Waals surface area contributed by atoms with Crippen LogP contribution in [0.25, 0.3) is 22.2 Å². The zero-order chi connectivity index (χ0) is 20.4. The minimum atomic E-state index is -0.406. The van der Waals surface area contributed by atoms with Gasteiger partial charge in [0.15, 0.2) is 0 Å². The minimum absolute atomic E-state index is 0.205. The molecule has 28 heavy (non-hydrogen) atoms. The quantitative estimate of drug-likeness (QED) is 0.505. The average molecular weight is 377 g/mol. The smallest absolute Gasteiger partial charge is 0.339 e.